The van der Waals surface area contributed by atoms with Gasteiger partial charge in [-0.15, -0.1) is 5.06 Å². The molecule has 1 saturated heterocycles. The molecule has 0 saturated carbocycles. The van der Waals surface area contributed by atoms with Gasteiger partial charge in [0.05, 0.1) is 27.7 Å². The molecule has 1 unspecified atom stereocenters. The number of fused-ring (bicyclic) bond motifs is 2. The Balaban J connectivity index is 1.43. The van der Waals surface area contributed by atoms with E-state index in [-0.39, 0.29) is 57.2 Å². The topological polar surface area (TPSA) is 184 Å². The lowest BCUT2D eigenvalue weighted by molar-refractivity contribution is -0.870. The van der Waals surface area contributed by atoms with Crippen LogP contribution in [0.1, 0.15) is 114 Å². The number of hydrogen-bond acceptors (Lipinski definition) is 8. The largest absolute Gasteiger partial charge is 0.737 e. The molecule has 57 heavy (non-hydrogen) atoms. The lowest BCUT2D eigenvalue weighted by Crippen LogP contribution is -2.51. The number of nitrogens with one attached hydrogen (secondary N) is 2. The van der Waals surface area contributed by atoms with Crippen molar-refractivity contribution in [3.8, 4) is 0 Å². The molecular weight excluding hydrogens is 765 g/mol. The third-order valence-corrected chi connectivity index (χ3v) is 11.0. The molecule has 0 aromatic carbocycles. The molecule has 4 heterocycles. The van der Waals surface area contributed by atoms with Crippen molar-refractivity contribution in [3.63, 3.8) is 0 Å². The maximum atomic E-state index is 16.8. The van der Waals surface area contributed by atoms with Crippen LogP contribution in [-0.4, -0.2) is 120 Å². The van der Waals surface area contributed by atoms with E-state index in [0.29, 0.717) is 35.0 Å². The van der Waals surface area contributed by atoms with E-state index in [0.717, 1.165) is 69.7 Å². The number of allylic oxidation sites excluding steroid dienone is 2. The summed E-state index contributed by atoms with van der Waals surface area (Å²) in [6.45, 7) is 0.289. The van der Waals surface area contributed by atoms with Crippen molar-refractivity contribution in [1.29, 1.82) is 0 Å². The van der Waals surface area contributed by atoms with Gasteiger partial charge in [0, 0.05) is 68.5 Å². The van der Waals surface area contributed by atoms with Gasteiger partial charge in [-0.3, -0.25) is 23.7 Å². The van der Waals surface area contributed by atoms with Crippen molar-refractivity contribution in [2.45, 2.75) is 116 Å². The average Bonchev–Trinajstić information content (AvgIpc) is 3.74. The minimum atomic E-state index is -4.74. The second kappa shape index (κ2) is 19.5. The summed E-state index contributed by atoms with van der Waals surface area (Å²) in [4.78, 5) is 66.2. The van der Waals surface area contributed by atoms with Crippen LogP contribution in [0.2, 0.25) is 0 Å². The highest BCUT2D eigenvalue weighted by molar-refractivity contribution is 7.85. The van der Waals surface area contributed by atoms with Crippen molar-refractivity contribution in [2.24, 2.45) is 0 Å². The number of nitrogens with zero attached hydrogens (tertiary/aromatic N) is 4. The Morgan fingerprint density at radius 1 is 0.965 bits per heavy atom. The lowest BCUT2D eigenvalue weighted by atomic mass is 9.88. The quantitative estimate of drug-likeness (QED) is 0.0486. The van der Waals surface area contributed by atoms with Crippen LogP contribution in [-0.2, 0) is 45.3 Å². The summed E-state index contributed by atoms with van der Waals surface area (Å²) >= 11 is 0. The van der Waals surface area contributed by atoms with E-state index >= 15 is 8.63 Å². The molecule has 19 heteroatoms. The molecule has 3 aliphatic heterocycles. The van der Waals surface area contributed by atoms with Crippen LogP contribution in [0, 0.1) is 6.92 Å². The molecule has 0 bridgehead atoms. The SMILES string of the molecule is CCCCCCCC1=CC(CCC(=O)NC(CS(=O)(=O)O)C(=O)NCCCCC(=O)ON2C(=O)CCC2=O)=[N+]2C1=Cc1c(CCC[N+](C)(C)C)cc(C)n1[B-]2(F)F. The van der Waals surface area contributed by atoms with Crippen molar-refractivity contribution < 1.29 is 59.4 Å². The Bertz CT molecular complexity index is 1900. The third-order valence-electron chi connectivity index (χ3n) is 10.3. The second-order valence-electron chi connectivity index (χ2n) is 16.2. The van der Waals surface area contributed by atoms with E-state index in [2.05, 4.69) is 38.7 Å². The number of hydroxylamine groups is 2. The van der Waals surface area contributed by atoms with E-state index in [1.807, 2.05) is 12.1 Å². The molecule has 3 N–H and O–H groups in total. The highest BCUT2D eigenvalue weighted by atomic mass is 32.2. The van der Waals surface area contributed by atoms with Gasteiger partial charge >= 0.3 is 12.9 Å². The van der Waals surface area contributed by atoms with Crippen LogP contribution in [0.3, 0.4) is 0 Å². The molecule has 1 fully saturated rings. The van der Waals surface area contributed by atoms with Gasteiger partial charge in [-0.05, 0) is 56.4 Å². The Labute approximate surface area is 333 Å². The molecular formula is C38H58BF2N6O9S+. The molecule has 0 aliphatic carbocycles. The van der Waals surface area contributed by atoms with Crippen molar-refractivity contribution >= 4 is 58.5 Å². The molecule has 4 rings (SSSR count). The minimum absolute atomic E-state index is 0.0448. The number of carbonyl (C=O) groups is 5. The first-order valence-electron chi connectivity index (χ1n) is 19.9. The zero-order valence-electron chi connectivity index (χ0n) is 33.8. The number of halogens is 2. The van der Waals surface area contributed by atoms with Gasteiger partial charge in [0.1, 0.15) is 17.5 Å². The van der Waals surface area contributed by atoms with Crippen LogP contribution >= 0.6 is 0 Å². The second-order valence-corrected chi connectivity index (χ2v) is 17.7. The van der Waals surface area contributed by atoms with Crippen LogP contribution in [0.4, 0.5) is 8.63 Å². The predicted molar refractivity (Wildman–Crippen MR) is 210 cm³/mol. The van der Waals surface area contributed by atoms with Crippen molar-refractivity contribution in [2.75, 3.05) is 40.0 Å². The Morgan fingerprint density at radius 2 is 1.65 bits per heavy atom. The zero-order chi connectivity index (χ0) is 42.1. The van der Waals surface area contributed by atoms with E-state index in [4.69, 9.17) is 4.84 Å². The number of hydrogen-bond donors (Lipinski definition) is 3. The van der Waals surface area contributed by atoms with Gasteiger partial charge < -0.3 is 37.6 Å². The lowest BCUT2D eigenvalue weighted by Gasteiger charge is -2.31. The highest BCUT2D eigenvalue weighted by Crippen LogP contribution is 2.39. The van der Waals surface area contributed by atoms with Gasteiger partial charge in [0.25, 0.3) is 21.9 Å². The molecule has 3 aliphatic rings. The number of carbonyl (C=O) groups excluding carboxylic acids is 5. The normalized spacial score (nSPS) is 16.9. The molecule has 4 amide bonds. The van der Waals surface area contributed by atoms with E-state index in [1.54, 1.807) is 13.0 Å². The van der Waals surface area contributed by atoms with Crippen LogP contribution < -0.4 is 10.6 Å². The molecule has 316 valence electrons. The summed E-state index contributed by atoms with van der Waals surface area (Å²) in [5.74, 6) is -4.87. The fourth-order valence-electron chi connectivity index (χ4n) is 7.44. The Morgan fingerprint density at radius 3 is 2.30 bits per heavy atom. The number of quaternary nitrogens is 1. The average molecular weight is 824 g/mol. The van der Waals surface area contributed by atoms with Crippen molar-refractivity contribution in [3.05, 3.63) is 40.4 Å². The van der Waals surface area contributed by atoms with Gasteiger partial charge in [0.2, 0.25) is 11.8 Å². The summed E-state index contributed by atoms with van der Waals surface area (Å²) in [6.07, 6.45) is 10.3. The summed E-state index contributed by atoms with van der Waals surface area (Å²) in [5, 5.41) is 5.22. The van der Waals surface area contributed by atoms with Gasteiger partial charge in [-0.25, -0.2) is 4.79 Å². The molecule has 1 aromatic heterocycles. The molecule has 1 atom stereocenters. The highest BCUT2D eigenvalue weighted by Gasteiger charge is 2.54. The van der Waals surface area contributed by atoms with Crippen molar-refractivity contribution in [1.82, 2.24) is 20.2 Å². The van der Waals surface area contributed by atoms with E-state index in [1.165, 1.54) is 0 Å². The summed E-state index contributed by atoms with van der Waals surface area (Å²) in [5.41, 5.74) is 3.21. The monoisotopic (exact) mass is 823 g/mol. The fourth-order valence-corrected chi connectivity index (χ4v) is 8.09. The Hall–Kier alpha value is -4.23. The van der Waals surface area contributed by atoms with Crippen LogP contribution in [0.5, 0.6) is 0 Å². The van der Waals surface area contributed by atoms with E-state index in [9.17, 15) is 36.9 Å². The first-order chi connectivity index (χ1) is 26.7. The van der Waals surface area contributed by atoms with Gasteiger partial charge in [-0.2, -0.15) is 8.42 Å². The number of rotatable bonds is 23. The Kier molecular flexibility index (Phi) is 15.5. The maximum absolute atomic E-state index is 16.8. The summed E-state index contributed by atoms with van der Waals surface area (Å²) in [6, 6.07) is 0.140. The number of unbranched alkanes of at least 4 members (excludes halogenated alkanes) is 5. The number of imide groups is 1. The number of aromatic nitrogens is 1. The first kappa shape index (κ1) is 45.5. The van der Waals surface area contributed by atoms with Gasteiger partial charge in [0.15, 0.2) is 5.70 Å². The maximum Gasteiger partial charge on any atom is 0.737 e. The zero-order valence-corrected chi connectivity index (χ0v) is 34.6. The van der Waals surface area contributed by atoms with E-state index < -0.39 is 58.5 Å². The van der Waals surface area contributed by atoms with Crippen LogP contribution in [0.25, 0.3) is 6.08 Å². The fraction of sp³-hybridized carbons (Fsp3) is 0.632. The first-order valence-corrected chi connectivity index (χ1v) is 21.5. The smallest absolute Gasteiger partial charge is 0.394 e. The molecule has 0 spiro atoms. The minimum Gasteiger partial charge on any atom is -0.394 e. The van der Waals surface area contributed by atoms with Crippen LogP contribution in [0.15, 0.2) is 23.4 Å². The predicted octanol–water partition coefficient (Wildman–Crippen LogP) is 3.81. The summed E-state index contributed by atoms with van der Waals surface area (Å²) < 4.78 is 69.5. The third kappa shape index (κ3) is 12.6. The standard InChI is InChI=1S/C38H57BF2N6O9S/c1-6-7-8-9-10-14-29-24-30(45-33(29)25-32-28(15-13-22-47(3,4)5)23-27(2)44(32)39(45,40)41)17-18-34(48)43-31(26-57(53,54)55)38(52)42-21-12-11-16-37(51)56-46-35(49)19-20-36(46)50/h23-25,31H,6-22,26H2,1-5H3,(H2-,42,43,48,52,53,54,55)/p+1. The number of aryl methyl sites for hydroxylation is 2. The molecule has 1 aromatic rings. The number of amides is 4. The molecule has 15 nitrogen and oxygen atoms in total. The summed E-state index contributed by atoms with van der Waals surface area (Å²) in [7, 11) is 1.54. The molecule has 0 radical (unpaired) electrons. The van der Waals surface area contributed by atoms with Gasteiger partial charge in [-0.1, -0.05) is 32.6 Å².